The molecule has 1 aliphatic heterocycles. The smallest absolute Gasteiger partial charge is 1.00 e. The summed E-state index contributed by atoms with van der Waals surface area (Å²) in [5.74, 6) is 0. The van der Waals surface area contributed by atoms with Gasteiger partial charge in [-0.05, 0) is 38.9 Å². The second kappa shape index (κ2) is 5.96. The van der Waals surface area contributed by atoms with Crippen molar-refractivity contribution >= 4 is 37.7 Å². The molecule has 1 saturated heterocycles. The molecule has 1 fully saturated rings. The van der Waals surface area contributed by atoms with Crippen molar-refractivity contribution in [2.75, 3.05) is 19.6 Å². The molecule has 0 unspecified atom stereocenters. The van der Waals surface area contributed by atoms with Crippen molar-refractivity contribution in [1.82, 2.24) is 4.90 Å². The Balaban J connectivity index is -0.000000213. The van der Waals surface area contributed by atoms with Crippen LogP contribution in [0, 0.1) is 0 Å². The maximum absolute atomic E-state index is 2.54. The molecule has 0 radical (unpaired) electrons. The fraction of sp³-hybridized carbons (Fsp3) is 1.00. The van der Waals surface area contributed by atoms with Crippen molar-refractivity contribution in [2.24, 2.45) is 0 Å². The number of rotatable bonds is 2. The number of hydrogen-bond acceptors (Lipinski definition) is 1. The van der Waals surface area contributed by atoms with E-state index in [9.17, 15) is 0 Å². The van der Waals surface area contributed by atoms with Gasteiger partial charge < -0.3 is 7.75 Å². The minimum atomic E-state index is 0. The average molecular weight is 155 g/mol. The van der Waals surface area contributed by atoms with Crippen LogP contribution in [0.15, 0.2) is 0 Å². The molecule has 0 N–H and O–H groups in total. The van der Waals surface area contributed by atoms with Crippen LogP contribution in [0.1, 0.15) is 29.0 Å². The molecule has 9 heavy (non-hydrogen) atoms. The van der Waals surface area contributed by atoms with Crippen LogP contribution in [0.2, 0.25) is 0 Å². The van der Waals surface area contributed by atoms with Gasteiger partial charge in [-0.2, -0.15) is 0 Å². The first-order chi connectivity index (χ1) is 3.93. The van der Waals surface area contributed by atoms with Gasteiger partial charge in [0.15, 0.2) is 0 Å². The molecule has 0 spiro atoms. The van der Waals surface area contributed by atoms with Crippen LogP contribution in [-0.4, -0.2) is 62.3 Å². The minimum absolute atomic E-state index is 0. The molecule has 0 saturated carbocycles. The summed E-state index contributed by atoms with van der Waals surface area (Å²) in [6.07, 6.45) is 4.18. The van der Waals surface area contributed by atoms with Crippen molar-refractivity contribution in [3.63, 3.8) is 0 Å². The Labute approximate surface area is 90.8 Å². The third-order valence-corrected chi connectivity index (χ3v) is 1.74. The zero-order valence-electron chi connectivity index (χ0n) is 8.40. The Hall–Kier alpha value is 1.22. The molecule has 0 bridgehead atoms. The molecule has 1 heterocycles. The summed E-state index contributed by atoms with van der Waals surface area (Å²) in [5, 5.41) is 0. The van der Waals surface area contributed by atoms with Crippen LogP contribution in [0.3, 0.4) is 0 Å². The van der Waals surface area contributed by atoms with Crippen LogP contribution in [-0.2, 0) is 0 Å². The molecule has 0 aromatic heterocycles. The first-order valence-electron chi connectivity index (χ1n) is 3.66. The van der Waals surface area contributed by atoms with E-state index in [-0.39, 0.29) is 40.6 Å². The normalized spacial score (nSPS) is 19.7. The van der Waals surface area contributed by atoms with E-state index in [2.05, 4.69) is 11.8 Å². The molecule has 1 rings (SSSR count). The Morgan fingerprint density at radius 2 is 1.89 bits per heavy atom. The minimum Gasteiger partial charge on any atom is -1.00 e. The van der Waals surface area contributed by atoms with Crippen molar-refractivity contribution in [2.45, 2.75) is 26.2 Å². The first-order valence-corrected chi connectivity index (χ1v) is 3.66. The topological polar surface area (TPSA) is 3.24 Å². The molecule has 52 valence electrons. The fourth-order valence-corrected chi connectivity index (χ4v) is 1.32. The van der Waals surface area contributed by atoms with Gasteiger partial charge in [-0.3, -0.25) is 0 Å². The molecule has 0 aliphatic carbocycles. The van der Waals surface area contributed by atoms with Crippen LogP contribution in [0.4, 0.5) is 0 Å². The summed E-state index contributed by atoms with van der Waals surface area (Å²) in [7, 11) is 0. The summed E-state index contributed by atoms with van der Waals surface area (Å²) in [5.41, 5.74) is 0. The molecule has 1 aliphatic rings. The SMILES string of the molecule is CCCN1CCCC1.[Ca+2].[H-].[H-]. The quantitative estimate of drug-likeness (QED) is 0.544. The van der Waals surface area contributed by atoms with Crippen molar-refractivity contribution in [3.8, 4) is 0 Å². The molecule has 0 aromatic rings. The van der Waals surface area contributed by atoms with Gasteiger partial charge in [0.25, 0.3) is 0 Å². The van der Waals surface area contributed by atoms with E-state index >= 15 is 0 Å². The number of hydrogen-bond donors (Lipinski definition) is 0. The van der Waals surface area contributed by atoms with Gasteiger partial charge in [0.1, 0.15) is 0 Å². The molecular formula is C7H17CaN. The molecule has 0 amide bonds. The van der Waals surface area contributed by atoms with Gasteiger partial charge in [-0.25, -0.2) is 0 Å². The van der Waals surface area contributed by atoms with Crippen LogP contribution >= 0.6 is 0 Å². The van der Waals surface area contributed by atoms with E-state index in [1.807, 2.05) is 0 Å². The van der Waals surface area contributed by atoms with E-state index < -0.39 is 0 Å². The summed E-state index contributed by atoms with van der Waals surface area (Å²) in [6, 6.07) is 0. The largest absolute Gasteiger partial charge is 2.00 e. The summed E-state index contributed by atoms with van der Waals surface area (Å²) < 4.78 is 0. The number of likely N-dealkylation sites (tertiary alicyclic amines) is 1. The van der Waals surface area contributed by atoms with Crippen molar-refractivity contribution in [3.05, 3.63) is 0 Å². The van der Waals surface area contributed by atoms with Crippen molar-refractivity contribution in [1.29, 1.82) is 0 Å². The predicted molar refractivity (Wildman–Crippen MR) is 43.9 cm³/mol. The second-order valence-corrected chi connectivity index (χ2v) is 2.55. The monoisotopic (exact) mass is 155 g/mol. The van der Waals surface area contributed by atoms with Gasteiger partial charge in [0.05, 0.1) is 0 Å². The molecule has 0 atom stereocenters. The Bertz CT molecular complexity index is 67.5. The zero-order chi connectivity index (χ0) is 5.82. The van der Waals surface area contributed by atoms with Crippen molar-refractivity contribution < 1.29 is 2.85 Å². The molecule has 0 aromatic carbocycles. The van der Waals surface area contributed by atoms with Gasteiger partial charge in [0.2, 0.25) is 0 Å². The second-order valence-electron chi connectivity index (χ2n) is 2.55. The van der Waals surface area contributed by atoms with Crippen LogP contribution < -0.4 is 0 Å². The zero-order valence-corrected chi connectivity index (χ0v) is 8.61. The van der Waals surface area contributed by atoms with Crippen LogP contribution in [0.25, 0.3) is 0 Å². The van der Waals surface area contributed by atoms with Gasteiger partial charge in [-0.15, -0.1) is 0 Å². The number of nitrogens with zero attached hydrogens (tertiary/aromatic N) is 1. The third-order valence-electron chi connectivity index (χ3n) is 1.74. The summed E-state index contributed by atoms with van der Waals surface area (Å²) in [6.45, 7) is 6.28. The Morgan fingerprint density at radius 1 is 1.33 bits per heavy atom. The summed E-state index contributed by atoms with van der Waals surface area (Å²) >= 11 is 0. The van der Waals surface area contributed by atoms with E-state index in [1.54, 1.807) is 0 Å². The molecule has 1 nitrogen and oxygen atoms in total. The van der Waals surface area contributed by atoms with E-state index in [0.29, 0.717) is 0 Å². The maximum Gasteiger partial charge on any atom is 2.00 e. The fourth-order valence-electron chi connectivity index (χ4n) is 1.32. The first kappa shape index (κ1) is 10.2. The summed E-state index contributed by atoms with van der Waals surface area (Å²) in [4.78, 5) is 2.54. The third kappa shape index (κ3) is 3.82. The Morgan fingerprint density at radius 3 is 2.33 bits per heavy atom. The van der Waals surface area contributed by atoms with E-state index in [4.69, 9.17) is 0 Å². The van der Waals surface area contributed by atoms with Gasteiger partial charge >= 0.3 is 37.7 Å². The standard InChI is InChI=1S/C7H15N.Ca.2H/c1-2-5-8-6-3-4-7-8;;;/h2-7H2,1H3;;;/q;+2;2*-1. The molecule has 2 heteroatoms. The van der Waals surface area contributed by atoms with Gasteiger partial charge in [0, 0.05) is 0 Å². The molecular weight excluding hydrogens is 138 g/mol. The predicted octanol–water partition coefficient (Wildman–Crippen LogP) is 1.34. The van der Waals surface area contributed by atoms with Gasteiger partial charge in [-0.1, -0.05) is 6.92 Å². The van der Waals surface area contributed by atoms with E-state index in [1.165, 1.54) is 38.9 Å². The van der Waals surface area contributed by atoms with E-state index in [0.717, 1.165) is 0 Å². The van der Waals surface area contributed by atoms with Crippen LogP contribution in [0.5, 0.6) is 0 Å². The maximum atomic E-state index is 2.54. The Kier molecular flexibility index (Phi) is 6.77. The average Bonchev–Trinajstić information content (AvgIpc) is 2.19.